The molecule has 1 rings (SSSR count). The molecular weight excluding hydrogens is 328 g/mol. The number of carboxylic acids is 1. The van der Waals surface area contributed by atoms with Crippen LogP contribution in [0.1, 0.15) is 0 Å². The lowest BCUT2D eigenvalue weighted by Crippen LogP contribution is -2.35. The predicted molar refractivity (Wildman–Crippen MR) is 64.9 cm³/mol. The first-order chi connectivity index (χ1) is 8.62. The monoisotopic (exact) mass is 334 g/mol. The summed E-state index contributed by atoms with van der Waals surface area (Å²) in [5, 5.41) is 8.70. The third-order valence-electron chi connectivity index (χ3n) is 2.17. The Hall–Kier alpha value is -0.790. The molecule has 0 bridgehead atoms. The van der Waals surface area contributed by atoms with E-state index in [4.69, 9.17) is 28.3 Å². The summed E-state index contributed by atoms with van der Waals surface area (Å²) in [5.41, 5.74) is 0. The van der Waals surface area contributed by atoms with Gasteiger partial charge >= 0.3 is 12.1 Å². The highest BCUT2D eigenvalue weighted by Crippen LogP contribution is 2.30. The van der Waals surface area contributed by atoms with Gasteiger partial charge in [0.1, 0.15) is 0 Å². The van der Waals surface area contributed by atoms with Crippen LogP contribution in [-0.4, -0.2) is 27.2 Å². The van der Waals surface area contributed by atoms with E-state index in [0.29, 0.717) is 0 Å². The second-order valence-corrected chi connectivity index (χ2v) is 5.83. The quantitative estimate of drug-likeness (QED) is 0.918. The van der Waals surface area contributed by atoms with Crippen molar-refractivity contribution in [2.45, 2.75) is 11.1 Å². The molecule has 0 spiro atoms. The average molecular weight is 335 g/mol. The summed E-state index contributed by atoms with van der Waals surface area (Å²) < 4.78 is 49.0. The van der Waals surface area contributed by atoms with Gasteiger partial charge in [0.25, 0.3) is 0 Å². The molecule has 0 aliphatic carbocycles. The molecule has 0 amide bonds. The molecule has 0 heterocycles. The van der Waals surface area contributed by atoms with Crippen LogP contribution in [0, 0.1) is 5.92 Å². The number of carboxylic acid groups (broad SMARTS) is 1. The normalized spacial score (nSPS) is 15.0. The van der Waals surface area contributed by atoms with Crippen LogP contribution in [-0.2, 0) is 15.6 Å². The molecule has 3 nitrogen and oxygen atoms in total. The summed E-state index contributed by atoms with van der Waals surface area (Å²) in [6, 6.07) is 3.66. The predicted octanol–water partition coefficient (Wildman–Crippen LogP) is 3.36. The molecule has 1 aromatic carbocycles. The number of aliphatic carboxylic acids is 1. The standard InChI is InChI=1S/C10H7Cl2F3O3S/c11-7-2-1-5(3-8(7)12)19(18)4-6(9(16)17)10(13,14)15/h1-3,6H,4H2,(H,16,17). The zero-order valence-corrected chi connectivity index (χ0v) is 11.4. The van der Waals surface area contributed by atoms with Crippen LogP contribution >= 0.6 is 23.2 Å². The lowest BCUT2D eigenvalue weighted by Gasteiger charge is -2.15. The van der Waals surface area contributed by atoms with Crippen molar-refractivity contribution in [3.8, 4) is 0 Å². The SMILES string of the molecule is O=C(O)C(CS(=O)c1ccc(Cl)c(Cl)c1)C(F)(F)F. The zero-order chi connectivity index (χ0) is 14.8. The van der Waals surface area contributed by atoms with Crippen molar-refractivity contribution in [2.75, 3.05) is 5.75 Å². The van der Waals surface area contributed by atoms with Crippen molar-refractivity contribution in [1.29, 1.82) is 0 Å². The highest BCUT2D eigenvalue weighted by atomic mass is 35.5. The maximum Gasteiger partial charge on any atom is 0.403 e. The van der Waals surface area contributed by atoms with Crippen LogP contribution in [0.4, 0.5) is 13.2 Å². The molecule has 2 unspecified atom stereocenters. The van der Waals surface area contributed by atoms with Gasteiger partial charge in [0, 0.05) is 4.90 Å². The Morgan fingerprint density at radius 1 is 1.32 bits per heavy atom. The first kappa shape index (κ1) is 16.3. The smallest absolute Gasteiger partial charge is 0.403 e. The number of carbonyl (C=O) groups is 1. The van der Waals surface area contributed by atoms with Gasteiger partial charge in [0.05, 0.1) is 26.6 Å². The molecular formula is C10H7Cl2F3O3S. The Balaban J connectivity index is 2.94. The van der Waals surface area contributed by atoms with E-state index in [-0.39, 0.29) is 14.9 Å². The Morgan fingerprint density at radius 3 is 2.32 bits per heavy atom. The number of halogens is 5. The second kappa shape index (κ2) is 6.11. The maximum atomic E-state index is 12.4. The summed E-state index contributed by atoms with van der Waals surface area (Å²) in [5.74, 6) is -5.83. The molecule has 0 aliphatic rings. The fourth-order valence-corrected chi connectivity index (χ4v) is 2.83. The average Bonchev–Trinajstić information content (AvgIpc) is 2.27. The highest BCUT2D eigenvalue weighted by molar-refractivity contribution is 7.85. The van der Waals surface area contributed by atoms with E-state index in [1.807, 2.05) is 0 Å². The third-order valence-corrected chi connectivity index (χ3v) is 4.32. The van der Waals surface area contributed by atoms with E-state index in [9.17, 15) is 22.2 Å². The molecule has 106 valence electrons. The fraction of sp³-hybridized carbons (Fsp3) is 0.300. The van der Waals surface area contributed by atoms with E-state index in [2.05, 4.69) is 0 Å². The number of benzene rings is 1. The molecule has 0 fully saturated rings. The molecule has 0 aliphatic heterocycles. The Labute approximate surface area is 118 Å². The summed E-state index contributed by atoms with van der Waals surface area (Å²) in [7, 11) is -2.14. The van der Waals surface area contributed by atoms with Crippen LogP contribution in [0.15, 0.2) is 23.1 Å². The van der Waals surface area contributed by atoms with Gasteiger partial charge in [-0.15, -0.1) is 0 Å². The molecule has 0 radical (unpaired) electrons. The first-order valence-electron chi connectivity index (χ1n) is 4.76. The van der Waals surface area contributed by atoms with E-state index >= 15 is 0 Å². The van der Waals surface area contributed by atoms with Gasteiger partial charge in [-0.25, -0.2) is 0 Å². The number of hydrogen-bond acceptors (Lipinski definition) is 2. The Kier molecular flexibility index (Phi) is 5.23. The maximum absolute atomic E-state index is 12.4. The molecule has 19 heavy (non-hydrogen) atoms. The van der Waals surface area contributed by atoms with Gasteiger partial charge in [-0.1, -0.05) is 23.2 Å². The van der Waals surface area contributed by atoms with Gasteiger partial charge < -0.3 is 5.11 Å². The highest BCUT2D eigenvalue weighted by Gasteiger charge is 2.46. The number of hydrogen-bond donors (Lipinski definition) is 1. The van der Waals surface area contributed by atoms with Gasteiger partial charge in [-0.05, 0) is 18.2 Å². The molecule has 1 aromatic rings. The van der Waals surface area contributed by atoms with Crippen molar-refractivity contribution in [3.05, 3.63) is 28.2 Å². The van der Waals surface area contributed by atoms with Crippen molar-refractivity contribution in [3.63, 3.8) is 0 Å². The van der Waals surface area contributed by atoms with E-state index in [1.165, 1.54) is 12.1 Å². The molecule has 0 saturated heterocycles. The molecule has 0 saturated carbocycles. The lowest BCUT2D eigenvalue weighted by molar-refractivity contribution is -0.188. The molecule has 2 atom stereocenters. The van der Waals surface area contributed by atoms with Gasteiger partial charge in [0.2, 0.25) is 0 Å². The fourth-order valence-electron chi connectivity index (χ4n) is 1.17. The van der Waals surface area contributed by atoms with Gasteiger partial charge in [-0.2, -0.15) is 13.2 Å². The largest absolute Gasteiger partial charge is 0.481 e. The first-order valence-corrected chi connectivity index (χ1v) is 6.83. The minimum atomic E-state index is -4.96. The third kappa shape index (κ3) is 4.36. The van der Waals surface area contributed by atoms with Crippen LogP contribution in [0.5, 0.6) is 0 Å². The topological polar surface area (TPSA) is 54.4 Å². The lowest BCUT2D eigenvalue weighted by atomic mass is 10.2. The molecule has 9 heteroatoms. The van der Waals surface area contributed by atoms with Gasteiger partial charge in [-0.3, -0.25) is 9.00 Å². The summed E-state index contributed by atoms with van der Waals surface area (Å²) in [6.07, 6.45) is -4.96. The summed E-state index contributed by atoms with van der Waals surface area (Å²) in [4.78, 5) is 10.5. The Morgan fingerprint density at radius 2 is 1.89 bits per heavy atom. The van der Waals surface area contributed by atoms with Crippen molar-refractivity contribution in [1.82, 2.24) is 0 Å². The second-order valence-electron chi connectivity index (χ2n) is 3.52. The van der Waals surface area contributed by atoms with Crippen LogP contribution in [0.25, 0.3) is 0 Å². The van der Waals surface area contributed by atoms with Crippen LogP contribution in [0.3, 0.4) is 0 Å². The van der Waals surface area contributed by atoms with Crippen molar-refractivity contribution in [2.24, 2.45) is 5.92 Å². The van der Waals surface area contributed by atoms with Crippen molar-refractivity contribution >= 4 is 40.0 Å². The van der Waals surface area contributed by atoms with Gasteiger partial charge in [0.15, 0.2) is 5.92 Å². The zero-order valence-electron chi connectivity index (χ0n) is 9.08. The van der Waals surface area contributed by atoms with E-state index < -0.39 is 34.6 Å². The minimum Gasteiger partial charge on any atom is -0.481 e. The van der Waals surface area contributed by atoms with Crippen LogP contribution in [0.2, 0.25) is 10.0 Å². The summed E-state index contributed by atoms with van der Waals surface area (Å²) >= 11 is 11.3. The number of alkyl halides is 3. The molecule has 1 N–H and O–H groups in total. The Bertz CT molecular complexity index is 519. The van der Waals surface area contributed by atoms with Crippen LogP contribution < -0.4 is 0 Å². The molecule has 0 aromatic heterocycles. The van der Waals surface area contributed by atoms with E-state index in [1.54, 1.807) is 0 Å². The number of rotatable bonds is 4. The van der Waals surface area contributed by atoms with E-state index in [0.717, 1.165) is 6.07 Å². The minimum absolute atomic E-state index is 0.00935. The summed E-state index contributed by atoms with van der Waals surface area (Å²) in [6.45, 7) is 0. The van der Waals surface area contributed by atoms with Crippen molar-refractivity contribution < 1.29 is 27.3 Å².